The minimum atomic E-state index is -0.390. The number of hydrogen-bond donors (Lipinski definition) is 0. The van der Waals surface area contributed by atoms with Crippen LogP contribution in [-0.4, -0.2) is 37.0 Å². The largest absolute Gasteiger partial charge is 0.422 e. The molecule has 3 heterocycles. The quantitative estimate of drug-likeness (QED) is 0.447. The second-order valence-electron chi connectivity index (χ2n) is 7.81. The highest BCUT2D eigenvalue weighted by Crippen LogP contribution is 2.31. The Bertz CT molecular complexity index is 1330. The number of rotatable bonds is 2. The molecule has 0 saturated carbocycles. The molecular weight excluding hydrogens is 396 g/mol. The lowest BCUT2D eigenvalue weighted by Gasteiger charge is -2.36. The van der Waals surface area contributed by atoms with Crippen LogP contribution in [0.15, 0.2) is 57.7 Å². The molecule has 5 rings (SSSR count). The maximum atomic E-state index is 13.2. The van der Waals surface area contributed by atoms with E-state index in [9.17, 15) is 9.59 Å². The van der Waals surface area contributed by atoms with Crippen LogP contribution in [0.5, 0.6) is 0 Å². The first-order chi connectivity index (χ1) is 14.5. The number of thiophene rings is 1. The zero-order chi connectivity index (χ0) is 20.8. The first kappa shape index (κ1) is 18.9. The SMILES string of the molecule is Cc1ccc(C)c(N2CCN(C(=O)c3cc4c(=O)oc5ccccc5c4s3)CC2)c1. The molecule has 1 amide bonds. The summed E-state index contributed by atoms with van der Waals surface area (Å²) in [5, 5.41) is 1.35. The van der Waals surface area contributed by atoms with Crippen molar-refractivity contribution < 1.29 is 9.21 Å². The third-order valence-electron chi connectivity index (χ3n) is 5.77. The lowest BCUT2D eigenvalue weighted by Crippen LogP contribution is -2.48. The van der Waals surface area contributed by atoms with Gasteiger partial charge in [0.15, 0.2) is 0 Å². The van der Waals surface area contributed by atoms with Crippen LogP contribution in [-0.2, 0) is 0 Å². The Morgan fingerprint density at radius 3 is 2.53 bits per heavy atom. The van der Waals surface area contributed by atoms with Gasteiger partial charge in [-0.2, -0.15) is 0 Å². The standard InChI is InChI=1S/C24H22N2O3S/c1-15-7-8-16(2)19(13-15)25-9-11-26(12-10-25)23(27)21-14-18-22(30-21)17-5-3-4-6-20(17)29-24(18)28/h3-8,13-14H,9-12H2,1-2H3. The molecule has 4 aromatic rings. The zero-order valence-corrected chi connectivity index (χ0v) is 17.8. The molecule has 0 spiro atoms. The molecule has 1 saturated heterocycles. The normalized spacial score (nSPS) is 14.6. The highest BCUT2D eigenvalue weighted by molar-refractivity contribution is 7.21. The summed E-state index contributed by atoms with van der Waals surface area (Å²) in [5.74, 6) is -0.0136. The van der Waals surface area contributed by atoms with E-state index in [-0.39, 0.29) is 5.91 Å². The van der Waals surface area contributed by atoms with Crippen molar-refractivity contribution in [1.29, 1.82) is 0 Å². The van der Waals surface area contributed by atoms with Gasteiger partial charge in [-0.15, -0.1) is 11.3 Å². The van der Waals surface area contributed by atoms with Gasteiger partial charge in [0, 0.05) is 37.3 Å². The van der Waals surface area contributed by atoms with Gasteiger partial charge in [0.25, 0.3) is 5.91 Å². The Morgan fingerprint density at radius 2 is 1.73 bits per heavy atom. The van der Waals surface area contributed by atoms with Crippen LogP contribution in [0.25, 0.3) is 21.1 Å². The Hall–Kier alpha value is -3.12. The van der Waals surface area contributed by atoms with Gasteiger partial charge < -0.3 is 14.2 Å². The van der Waals surface area contributed by atoms with Gasteiger partial charge in [-0.3, -0.25) is 4.79 Å². The van der Waals surface area contributed by atoms with Crippen LogP contribution in [0.4, 0.5) is 5.69 Å². The van der Waals surface area contributed by atoms with Crippen LogP contribution in [0.1, 0.15) is 20.8 Å². The summed E-state index contributed by atoms with van der Waals surface area (Å²) >= 11 is 1.38. The Kier molecular flexibility index (Phi) is 4.59. The van der Waals surface area contributed by atoms with Gasteiger partial charge in [-0.25, -0.2) is 4.79 Å². The minimum absolute atomic E-state index is 0.0136. The summed E-state index contributed by atoms with van der Waals surface area (Å²) in [7, 11) is 0. The first-order valence-electron chi connectivity index (χ1n) is 10.1. The fourth-order valence-electron chi connectivity index (χ4n) is 4.11. The molecule has 0 N–H and O–H groups in total. The third-order valence-corrected chi connectivity index (χ3v) is 6.93. The number of fused-ring (bicyclic) bond motifs is 3. The summed E-state index contributed by atoms with van der Waals surface area (Å²) < 4.78 is 6.24. The summed E-state index contributed by atoms with van der Waals surface area (Å²) in [4.78, 5) is 30.4. The molecule has 0 aliphatic carbocycles. The minimum Gasteiger partial charge on any atom is -0.422 e. The van der Waals surface area contributed by atoms with Crippen molar-refractivity contribution in [1.82, 2.24) is 4.90 Å². The van der Waals surface area contributed by atoms with E-state index in [0.29, 0.717) is 28.9 Å². The topological polar surface area (TPSA) is 53.8 Å². The number of aryl methyl sites for hydroxylation is 2. The van der Waals surface area contributed by atoms with Crippen molar-refractivity contribution in [3.63, 3.8) is 0 Å². The zero-order valence-electron chi connectivity index (χ0n) is 17.0. The van der Waals surface area contributed by atoms with Crippen LogP contribution in [0.3, 0.4) is 0 Å². The van der Waals surface area contributed by atoms with E-state index in [1.807, 2.05) is 23.1 Å². The van der Waals surface area contributed by atoms with Crippen molar-refractivity contribution in [2.24, 2.45) is 0 Å². The maximum Gasteiger partial charge on any atom is 0.345 e. The molecule has 1 fully saturated rings. The van der Waals surface area contributed by atoms with E-state index in [0.717, 1.165) is 23.2 Å². The number of benzene rings is 2. The van der Waals surface area contributed by atoms with Crippen LogP contribution in [0, 0.1) is 13.8 Å². The highest BCUT2D eigenvalue weighted by atomic mass is 32.1. The Labute approximate surface area is 178 Å². The number of hydrogen-bond acceptors (Lipinski definition) is 5. The average Bonchev–Trinajstić information content (AvgIpc) is 3.22. The lowest BCUT2D eigenvalue weighted by atomic mass is 10.1. The molecule has 0 bridgehead atoms. The van der Waals surface area contributed by atoms with Gasteiger partial charge >= 0.3 is 5.63 Å². The smallest absolute Gasteiger partial charge is 0.345 e. The van der Waals surface area contributed by atoms with Crippen molar-refractivity contribution >= 4 is 44.0 Å². The molecular formula is C24H22N2O3S. The summed E-state index contributed by atoms with van der Waals surface area (Å²) in [6, 6.07) is 15.6. The predicted octanol–water partition coefficient (Wildman–Crippen LogP) is 4.59. The van der Waals surface area contributed by atoms with Gasteiger partial charge in [0.2, 0.25) is 0 Å². The molecule has 2 aromatic heterocycles. The van der Waals surface area contributed by atoms with Gasteiger partial charge in [0.1, 0.15) is 5.58 Å². The van der Waals surface area contributed by atoms with E-state index >= 15 is 0 Å². The number of piperazine rings is 1. The molecule has 6 heteroatoms. The molecule has 5 nitrogen and oxygen atoms in total. The number of carbonyl (C=O) groups excluding carboxylic acids is 1. The number of para-hydroxylation sites is 1. The van der Waals surface area contributed by atoms with Gasteiger partial charge in [-0.1, -0.05) is 24.3 Å². The van der Waals surface area contributed by atoms with Crippen molar-refractivity contribution in [3.05, 3.63) is 75.0 Å². The lowest BCUT2D eigenvalue weighted by molar-refractivity contribution is 0.0751. The molecule has 152 valence electrons. The fraction of sp³-hybridized carbons (Fsp3) is 0.250. The van der Waals surface area contributed by atoms with Crippen molar-refractivity contribution in [3.8, 4) is 0 Å². The van der Waals surface area contributed by atoms with E-state index in [2.05, 4.69) is 36.9 Å². The second-order valence-corrected chi connectivity index (χ2v) is 8.86. The molecule has 0 atom stereocenters. The number of anilines is 1. The second kappa shape index (κ2) is 7.29. The summed E-state index contributed by atoms with van der Waals surface area (Å²) in [5.41, 5.74) is 3.90. The maximum absolute atomic E-state index is 13.2. The predicted molar refractivity (Wildman–Crippen MR) is 122 cm³/mol. The first-order valence-corrected chi connectivity index (χ1v) is 10.9. The van der Waals surface area contributed by atoms with Crippen molar-refractivity contribution in [2.75, 3.05) is 31.1 Å². The molecule has 1 aliphatic rings. The van der Waals surface area contributed by atoms with Gasteiger partial charge in [0.05, 0.1) is 15.0 Å². The van der Waals surface area contributed by atoms with Crippen LogP contribution < -0.4 is 10.5 Å². The van der Waals surface area contributed by atoms with E-state index in [1.54, 1.807) is 12.1 Å². The van der Waals surface area contributed by atoms with Crippen molar-refractivity contribution in [2.45, 2.75) is 13.8 Å². The van der Waals surface area contributed by atoms with E-state index in [4.69, 9.17) is 4.42 Å². The third kappa shape index (κ3) is 3.17. The van der Waals surface area contributed by atoms with E-state index in [1.165, 1.54) is 28.2 Å². The monoisotopic (exact) mass is 418 g/mol. The molecule has 2 aromatic carbocycles. The molecule has 30 heavy (non-hydrogen) atoms. The van der Waals surface area contributed by atoms with Crippen LogP contribution >= 0.6 is 11.3 Å². The molecule has 0 radical (unpaired) electrons. The Balaban J connectivity index is 1.40. The molecule has 0 unspecified atom stereocenters. The Morgan fingerprint density at radius 1 is 0.967 bits per heavy atom. The highest BCUT2D eigenvalue weighted by Gasteiger charge is 2.25. The number of carbonyl (C=O) groups is 1. The number of nitrogens with zero attached hydrogens (tertiary/aromatic N) is 2. The fourth-order valence-corrected chi connectivity index (χ4v) is 5.26. The van der Waals surface area contributed by atoms with Gasteiger partial charge in [-0.05, 0) is 49.2 Å². The molecule has 1 aliphatic heterocycles. The van der Waals surface area contributed by atoms with Crippen LogP contribution in [0.2, 0.25) is 0 Å². The van der Waals surface area contributed by atoms with E-state index < -0.39 is 5.63 Å². The summed E-state index contributed by atoms with van der Waals surface area (Å²) in [6.07, 6.45) is 0. The summed E-state index contributed by atoms with van der Waals surface area (Å²) in [6.45, 7) is 7.15. The average molecular weight is 419 g/mol. The number of amides is 1.